The van der Waals surface area contributed by atoms with Crippen molar-refractivity contribution in [2.75, 3.05) is 0 Å². The molecule has 12 aromatic carbocycles. The molecule has 0 fully saturated rings. The fourth-order valence-electron chi connectivity index (χ4n) is 9.44. The molecular weight excluding hydrogens is 841 g/mol. The summed E-state index contributed by atoms with van der Waals surface area (Å²) >= 11 is 3.81. The van der Waals surface area contributed by atoms with Crippen LogP contribution in [0.1, 0.15) is 73.4 Å². The summed E-state index contributed by atoms with van der Waals surface area (Å²) in [6.07, 6.45) is 0. The Morgan fingerprint density at radius 2 is 0.492 bits per heavy atom. The van der Waals surface area contributed by atoms with Crippen LogP contribution in [0.5, 0.6) is 0 Å². The van der Waals surface area contributed by atoms with Crippen molar-refractivity contribution in [3.63, 3.8) is 0 Å². The summed E-state index contributed by atoms with van der Waals surface area (Å²) in [5, 5.41) is 27.6. The zero-order chi connectivity index (χ0) is 43.3. The highest BCUT2D eigenvalue weighted by molar-refractivity contribution is 7.54. The van der Waals surface area contributed by atoms with Gasteiger partial charge in [-0.25, -0.2) is 30.1 Å². The molecule has 12 rings (SSSR count). The van der Waals surface area contributed by atoms with E-state index in [0.29, 0.717) is 0 Å². The van der Waals surface area contributed by atoms with Gasteiger partial charge in [0.2, 0.25) is 0 Å². The van der Waals surface area contributed by atoms with E-state index in [-0.39, 0.29) is 15.7 Å². The Balaban J connectivity index is 0.000000134. The van der Waals surface area contributed by atoms with Crippen molar-refractivity contribution in [3.05, 3.63) is 145 Å². The molecule has 0 saturated heterocycles. The lowest BCUT2D eigenvalue weighted by Crippen LogP contribution is -2.11. The lowest BCUT2D eigenvalue weighted by molar-refractivity contribution is 0.591. The molecule has 0 aliphatic heterocycles. The van der Waals surface area contributed by atoms with E-state index in [1.165, 1.54) is 119 Å². The standard InChI is InChI=1S/C30H28.C22H12.C4H9Cl.Al.3ClH/c1-29(2,3)23-13-19-9-7-18-12-22-16-24(30(4,5)6)14-20-10-8-17-11-21(15-23)25(19)27(18)28(17)26(20)22;1-3-13-7-9-18-12-16-6-2-4-14-8-10-17-11-15(5-1)19(13)21(18)22(17)20(14)16;1-4(2,3)5;;;;/h7-16H,1-6H3;1-12H;1-3H3;;3*1H/q;;;+3;;;/p-3. The topological polar surface area (TPSA) is 0 Å². The third-order valence-electron chi connectivity index (χ3n) is 12.1. The molecular formula is C56H49AlCl4. The average Bonchev–Trinajstić information content (AvgIpc) is 3.18. The molecule has 0 N–H and O–H groups in total. The van der Waals surface area contributed by atoms with Crippen LogP contribution in [-0.4, -0.2) is 16.3 Å². The second-order valence-electron chi connectivity index (χ2n) is 19.7. The van der Waals surface area contributed by atoms with Crippen LogP contribution < -0.4 is 0 Å². The first-order valence-corrected chi connectivity index (χ1v) is 26.7. The van der Waals surface area contributed by atoms with Crippen molar-refractivity contribution in [3.8, 4) is 0 Å². The van der Waals surface area contributed by atoms with E-state index in [1.807, 2.05) is 20.8 Å². The minimum Gasteiger partial charge on any atom is -0.214 e. The lowest BCUT2D eigenvalue weighted by Gasteiger charge is -2.24. The summed E-state index contributed by atoms with van der Waals surface area (Å²) in [5.74, 6) is 0. The summed E-state index contributed by atoms with van der Waals surface area (Å²) in [7, 11) is 14.8. The molecule has 0 aliphatic carbocycles. The number of hydrogen-bond acceptors (Lipinski definition) is 0. The van der Waals surface area contributed by atoms with Gasteiger partial charge in [-0.05, 0) is 175 Å². The number of alkyl halides is 1. The summed E-state index contributed by atoms with van der Waals surface area (Å²) < 4.78 is 0. The quantitative estimate of drug-likeness (QED) is 0.0616. The van der Waals surface area contributed by atoms with Crippen LogP contribution in [0.15, 0.2) is 133 Å². The van der Waals surface area contributed by atoms with Crippen molar-refractivity contribution >= 4 is 161 Å². The van der Waals surface area contributed by atoms with Crippen LogP contribution in [0.2, 0.25) is 0 Å². The van der Waals surface area contributed by atoms with E-state index < -0.39 is 11.4 Å². The van der Waals surface area contributed by atoms with Crippen LogP contribution in [0.25, 0.3) is 108 Å². The molecule has 0 heterocycles. The van der Waals surface area contributed by atoms with Crippen LogP contribution in [0, 0.1) is 0 Å². The summed E-state index contributed by atoms with van der Waals surface area (Å²) in [5.41, 5.74) is 3.09. The van der Waals surface area contributed by atoms with Crippen molar-refractivity contribution < 1.29 is 0 Å². The molecule has 0 spiro atoms. The average molecular weight is 891 g/mol. The molecule has 0 atom stereocenters. The third-order valence-corrected chi connectivity index (χ3v) is 12.1. The monoisotopic (exact) mass is 888 g/mol. The van der Waals surface area contributed by atoms with E-state index in [2.05, 4.69) is 175 Å². The highest BCUT2D eigenvalue weighted by Crippen LogP contribution is 2.46. The van der Waals surface area contributed by atoms with E-state index >= 15 is 0 Å². The Labute approximate surface area is 380 Å². The highest BCUT2D eigenvalue weighted by Gasteiger charge is 2.22. The fraction of sp³-hybridized carbons (Fsp3) is 0.214. The van der Waals surface area contributed by atoms with Gasteiger partial charge < -0.3 is 0 Å². The van der Waals surface area contributed by atoms with Gasteiger partial charge in [0.25, 0.3) is 0 Å². The largest absolute Gasteiger partial charge is 0.643 e. The van der Waals surface area contributed by atoms with Gasteiger partial charge in [-0.3, -0.25) is 0 Å². The predicted molar refractivity (Wildman–Crippen MR) is 279 cm³/mol. The van der Waals surface area contributed by atoms with Gasteiger partial charge in [0.1, 0.15) is 0 Å². The number of rotatable bonds is 0. The van der Waals surface area contributed by atoms with Crippen molar-refractivity contribution in [2.45, 2.75) is 78.0 Å². The fourth-order valence-corrected chi connectivity index (χ4v) is 9.44. The molecule has 12 aromatic rings. The van der Waals surface area contributed by atoms with Crippen LogP contribution in [0.3, 0.4) is 0 Å². The SMILES string of the molecule is CC(C)(C)Cl.CC(C)(C)c1cc2ccc3cc4cc(C(C)(C)C)cc5ccc6cc(c1)c2c3c6c54.[Cl][Al]([Cl])[Cl].c1cc2ccc3cc4cccc5ccc6cc(c1)c2c3c6c54. The lowest BCUT2D eigenvalue weighted by atomic mass is 9.80. The summed E-state index contributed by atoms with van der Waals surface area (Å²) in [6, 6.07) is 50.7. The molecule has 61 heavy (non-hydrogen) atoms. The van der Waals surface area contributed by atoms with Crippen LogP contribution in [0.4, 0.5) is 0 Å². The molecule has 0 unspecified atom stereocenters. The van der Waals surface area contributed by atoms with E-state index in [9.17, 15) is 0 Å². The Bertz CT molecular complexity index is 3290. The zero-order valence-electron chi connectivity index (χ0n) is 36.3. The van der Waals surface area contributed by atoms with Crippen LogP contribution in [-0.2, 0) is 10.8 Å². The van der Waals surface area contributed by atoms with Crippen molar-refractivity contribution in [1.82, 2.24) is 0 Å². The maximum atomic E-state index is 5.53. The minimum atomic E-state index is -1.72. The molecule has 0 saturated carbocycles. The molecule has 0 amide bonds. The molecule has 0 radical (unpaired) electrons. The molecule has 304 valence electrons. The first-order valence-electron chi connectivity index (χ1n) is 21.1. The first-order chi connectivity index (χ1) is 28.7. The van der Waals surface area contributed by atoms with E-state index in [0.717, 1.165) is 0 Å². The maximum absolute atomic E-state index is 5.53. The Morgan fingerprint density at radius 3 is 0.787 bits per heavy atom. The number of hydrogen-bond donors (Lipinski definition) is 0. The van der Waals surface area contributed by atoms with Crippen molar-refractivity contribution in [2.24, 2.45) is 0 Å². The maximum Gasteiger partial charge on any atom is 0.643 e. The smallest absolute Gasteiger partial charge is 0.214 e. The molecule has 0 aliphatic rings. The minimum absolute atomic E-state index is 0.0278. The molecule has 5 heteroatoms. The van der Waals surface area contributed by atoms with Gasteiger partial charge in [0, 0.05) is 4.87 Å². The van der Waals surface area contributed by atoms with Gasteiger partial charge in [0.05, 0.1) is 0 Å². The van der Waals surface area contributed by atoms with Gasteiger partial charge in [-0.1, -0.05) is 151 Å². The van der Waals surface area contributed by atoms with Crippen LogP contribution >= 0.6 is 41.7 Å². The van der Waals surface area contributed by atoms with Gasteiger partial charge in [-0.15, -0.1) is 11.6 Å². The van der Waals surface area contributed by atoms with Crippen molar-refractivity contribution in [1.29, 1.82) is 0 Å². The predicted octanol–water partition coefficient (Wildman–Crippen LogP) is 19.0. The molecule has 0 nitrogen and oxygen atoms in total. The summed E-state index contributed by atoms with van der Waals surface area (Å²) in [6.45, 7) is 19.7. The normalized spacial score (nSPS) is 12.7. The molecule has 0 aromatic heterocycles. The second kappa shape index (κ2) is 15.4. The van der Waals surface area contributed by atoms with E-state index in [1.54, 1.807) is 0 Å². The molecule has 0 bridgehead atoms. The van der Waals surface area contributed by atoms with Gasteiger partial charge >= 0.3 is 11.4 Å². The zero-order valence-corrected chi connectivity index (χ0v) is 40.5. The number of halogens is 4. The Kier molecular flexibility index (Phi) is 10.6. The Morgan fingerprint density at radius 1 is 0.295 bits per heavy atom. The van der Waals surface area contributed by atoms with Gasteiger partial charge in [-0.2, -0.15) is 0 Å². The highest BCUT2D eigenvalue weighted by atomic mass is 35.8. The summed E-state index contributed by atoms with van der Waals surface area (Å²) in [4.78, 5) is -0.0278. The van der Waals surface area contributed by atoms with Gasteiger partial charge in [0.15, 0.2) is 0 Å². The second-order valence-corrected chi connectivity index (χ2v) is 27.3. The third kappa shape index (κ3) is 7.87. The van der Waals surface area contributed by atoms with E-state index in [4.69, 9.17) is 41.7 Å². The number of benzene rings is 12. The Hall–Kier alpha value is -4.03. The first kappa shape index (κ1) is 42.3.